The zero-order valence-electron chi connectivity index (χ0n) is 9.10. The third-order valence-corrected chi connectivity index (χ3v) is 2.99. The van der Waals surface area contributed by atoms with Crippen molar-refractivity contribution in [3.63, 3.8) is 0 Å². The summed E-state index contributed by atoms with van der Waals surface area (Å²) in [5.41, 5.74) is 10.0. The van der Waals surface area contributed by atoms with Crippen LogP contribution in [0.2, 0.25) is 0 Å². The molecule has 0 aliphatic carbocycles. The Balaban J connectivity index is 2.24. The molecule has 1 aromatic heterocycles. The summed E-state index contributed by atoms with van der Waals surface area (Å²) in [6.45, 7) is 0.539. The van der Waals surface area contributed by atoms with Gasteiger partial charge in [-0.05, 0) is 34.9 Å². The maximum absolute atomic E-state index is 11.7. The van der Waals surface area contributed by atoms with E-state index in [1.165, 1.54) is 0 Å². The lowest BCUT2D eigenvalue weighted by Crippen LogP contribution is -2.13. The SMILES string of the molecule is Nc1ccc(-c2ccncc2)c2c1C(=O)NC2. The molecule has 2 aromatic rings. The van der Waals surface area contributed by atoms with E-state index in [0.29, 0.717) is 17.8 Å². The predicted octanol–water partition coefficient (Wildman–Crippen LogP) is 1.57. The van der Waals surface area contributed by atoms with E-state index in [2.05, 4.69) is 10.3 Å². The minimum absolute atomic E-state index is 0.0894. The minimum Gasteiger partial charge on any atom is -0.398 e. The third-order valence-electron chi connectivity index (χ3n) is 2.99. The fourth-order valence-corrected chi connectivity index (χ4v) is 2.18. The van der Waals surface area contributed by atoms with E-state index in [-0.39, 0.29) is 5.91 Å². The average molecular weight is 225 g/mol. The number of pyridine rings is 1. The molecular weight excluding hydrogens is 214 g/mol. The molecule has 1 aliphatic heterocycles. The number of amides is 1. The fourth-order valence-electron chi connectivity index (χ4n) is 2.18. The molecule has 0 fully saturated rings. The van der Waals surface area contributed by atoms with Crippen molar-refractivity contribution in [2.24, 2.45) is 0 Å². The van der Waals surface area contributed by atoms with Crippen molar-refractivity contribution in [3.05, 3.63) is 47.8 Å². The van der Waals surface area contributed by atoms with E-state index in [1.807, 2.05) is 18.2 Å². The van der Waals surface area contributed by atoms with Crippen LogP contribution in [0.5, 0.6) is 0 Å². The van der Waals surface area contributed by atoms with E-state index in [9.17, 15) is 4.79 Å². The minimum atomic E-state index is -0.0894. The topological polar surface area (TPSA) is 68.0 Å². The number of aromatic nitrogens is 1. The summed E-state index contributed by atoms with van der Waals surface area (Å²) in [6, 6.07) is 7.58. The number of nitrogens with zero attached hydrogens (tertiary/aromatic N) is 1. The second-order valence-corrected chi connectivity index (χ2v) is 3.97. The van der Waals surface area contributed by atoms with Crippen LogP contribution < -0.4 is 11.1 Å². The molecule has 1 aliphatic rings. The Bertz CT molecular complexity index is 593. The van der Waals surface area contributed by atoms with Gasteiger partial charge in [0, 0.05) is 24.6 Å². The highest BCUT2D eigenvalue weighted by atomic mass is 16.1. The number of fused-ring (bicyclic) bond motifs is 1. The van der Waals surface area contributed by atoms with Crippen LogP contribution in [0.4, 0.5) is 5.69 Å². The first-order chi connectivity index (χ1) is 8.27. The molecule has 84 valence electrons. The van der Waals surface area contributed by atoms with Crippen LogP contribution in [0, 0.1) is 0 Å². The molecule has 0 saturated heterocycles. The number of nitrogens with two attached hydrogens (primary N) is 1. The Morgan fingerprint density at radius 1 is 1.18 bits per heavy atom. The molecule has 0 bridgehead atoms. The summed E-state index contributed by atoms with van der Waals surface area (Å²) in [5, 5.41) is 2.80. The molecule has 3 N–H and O–H groups in total. The van der Waals surface area contributed by atoms with Crippen molar-refractivity contribution in [3.8, 4) is 11.1 Å². The summed E-state index contributed by atoms with van der Waals surface area (Å²) in [4.78, 5) is 15.7. The standard InChI is InChI=1S/C13H11N3O/c14-11-2-1-9(8-3-5-15-6-4-8)10-7-16-13(17)12(10)11/h1-6H,7,14H2,(H,16,17). The van der Waals surface area contributed by atoms with E-state index in [4.69, 9.17) is 5.73 Å². The molecule has 4 heteroatoms. The Kier molecular flexibility index (Phi) is 2.08. The van der Waals surface area contributed by atoms with Crippen LogP contribution in [-0.4, -0.2) is 10.9 Å². The van der Waals surface area contributed by atoms with Gasteiger partial charge in [0.15, 0.2) is 0 Å². The van der Waals surface area contributed by atoms with Crippen molar-refractivity contribution < 1.29 is 4.79 Å². The molecule has 1 amide bonds. The molecule has 1 aromatic carbocycles. The van der Waals surface area contributed by atoms with Crippen molar-refractivity contribution in [1.29, 1.82) is 0 Å². The van der Waals surface area contributed by atoms with Crippen molar-refractivity contribution >= 4 is 11.6 Å². The van der Waals surface area contributed by atoms with Gasteiger partial charge in [-0.25, -0.2) is 0 Å². The largest absolute Gasteiger partial charge is 0.398 e. The van der Waals surface area contributed by atoms with Crippen LogP contribution in [0.1, 0.15) is 15.9 Å². The first-order valence-electron chi connectivity index (χ1n) is 5.37. The second kappa shape index (κ2) is 3.59. The van der Waals surface area contributed by atoms with E-state index >= 15 is 0 Å². The number of benzene rings is 1. The third kappa shape index (κ3) is 1.45. The monoisotopic (exact) mass is 225 g/mol. The first-order valence-corrected chi connectivity index (χ1v) is 5.37. The maximum atomic E-state index is 11.7. The highest BCUT2D eigenvalue weighted by Gasteiger charge is 2.24. The number of carbonyl (C=O) groups is 1. The Labute approximate surface area is 98.5 Å². The van der Waals surface area contributed by atoms with Gasteiger partial charge in [-0.2, -0.15) is 0 Å². The zero-order valence-corrected chi connectivity index (χ0v) is 9.10. The van der Waals surface area contributed by atoms with Gasteiger partial charge in [-0.1, -0.05) is 6.07 Å². The van der Waals surface area contributed by atoms with E-state index in [0.717, 1.165) is 16.7 Å². The number of rotatable bonds is 1. The summed E-state index contributed by atoms with van der Waals surface area (Å²) in [7, 11) is 0. The number of anilines is 1. The predicted molar refractivity (Wildman–Crippen MR) is 65.3 cm³/mol. The van der Waals surface area contributed by atoms with Crippen LogP contribution in [-0.2, 0) is 6.54 Å². The highest BCUT2D eigenvalue weighted by molar-refractivity contribution is 6.05. The van der Waals surface area contributed by atoms with Gasteiger partial charge >= 0.3 is 0 Å². The maximum Gasteiger partial charge on any atom is 0.254 e. The molecule has 0 atom stereocenters. The molecule has 4 nitrogen and oxygen atoms in total. The van der Waals surface area contributed by atoms with Crippen molar-refractivity contribution in [2.45, 2.75) is 6.54 Å². The molecule has 0 radical (unpaired) electrons. The van der Waals surface area contributed by atoms with Crippen molar-refractivity contribution in [1.82, 2.24) is 10.3 Å². The van der Waals surface area contributed by atoms with Gasteiger partial charge in [0.2, 0.25) is 0 Å². The van der Waals surface area contributed by atoms with Gasteiger partial charge < -0.3 is 11.1 Å². The lowest BCUT2D eigenvalue weighted by molar-refractivity contribution is 0.0966. The molecule has 0 unspecified atom stereocenters. The Morgan fingerprint density at radius 2 is 1.94 bits per heavy atom. The smallest absolute Gasteiger partial charge is 0.254 e. The molecule has 17 heavy (non-hydrogen) atoms. The van der Waals surface area contributed by atoms with E-state index in [1.54, 1.807) is 18.5 Å². The van der Waals surface area contributed by atoms with E-state index < -0.39 is 0 Å². The summed E-state index contributed by atoms with van der Waals surface area (Å²) < 4.78 is 0. The summed E-state index contributed by atoms with van der Waals surface area (Å²) in [6.07, 6.45) is 3.48. The normalized spacial score (nSPS) is 13.3. The fraction of sp³-hybridized carbons (Fsp3) is 0.0769. The van der Waals surface area contributed by atoms with Crippen LogP contribution in [0.3, 0.4) is 0 Å². The van der Waals surface area contributed by atoms with Gasteiger partial charge in [0.25, 0.3) is 5.91 Å². The lowest BCUT2D eigenvalue weighted by atomic mass is 9.96. The van der Waals surface area contributed by atoms with Gasteiger partial charge in [-0.3, -0.25) is 9.78 Å². The number of nitrogens with one attached hydrogen (secondary N) is 1. The molecular formula is C13H11N3O. The zero-order chi connectivity index (χ0) is 11.8. The molecule has 2 heterocycles. The van der Waals surface area contributed by atoms with Gasteiger partial charge in [0.1, 0.15) is 0 Å². The van der Waals surface area contributed by atoms with Gasteiger partial charge in [0.05, 0.1) is 5.56 Å². The first kappa shape index (κ1) is 9.84. The average Bonchev–Trinajstić information content (AvgIpc) is 2.74. The summed E-state index contributed by atoms with van der Waals surface area (Å²) >= 11 is 0. The van der Waals surface area contributed by atoms with Crippen LogP contribution in [0.25, 0.3) is 11.1 Å². The summed E-state index contributed by atoms with van der Waals surface area (Å²) in [5.74, 6) is -0.0894. The Morgan fingerprint density at radius 3 is 2.71 bits per heavy atom. The lowest BCUT2D eigenvalue weighted by Gasteiger charge is -2.08. The number of hydrogen-bond donors (Lipinski definition) is 2. The van der Waals surface area contributed by atoms with Crippen LogP contribution in [0.15, 0.2) is 36.7 Å². The quantitative estimate of drug-likeness (QED) is 0.724. The number of hydrogen-bond acceptors (Lipinski definition) is 3. The number of nitrogen functional groups attached to an aromatic ring is 1. The van der Waals surface area contributed by atoms with Crippen molar-refractivity contribution in [2.75, 3.05) is 5.73 Å². The Hall–Kier alpha value is -2.36. The molecule has 0 saturated carbocycles. The second-order valence-electron chi connectivity index (χ2n) is 3.97. The number of carbonyl (C=O) groups excluding carboxylic acids is 1. The molecule has 0 spiro atoms. The van der Waals surface area contributed by atoms with Crippen LogP contribution >= 0.6 is 0 Å². The molecule has 3 rings (SSSR count). The highest BCUT2D eigenvalue weighted by Crippen LogP contribution is 2.32. The van der Waals surface area contributed by atoms with Gasteiger partial charge in [-0.15, -0.1) is 0 Å².